The van der Waals surface area contributed by atoms with Crippen molar-refractivity contribution in [2.45, 2.75) is 33.1 Å². The number of allylic oxidation sites excluding steroid dienone is 4. The molecule has 0 N–H and O–H groups in total. The van der Waals surface area contributed by atoms with Gasteiger partial charge in [0, 0.05) is 5.56 Å². The van der Waals surface area contributed by atoms with E-state index in [1.807, 2.05) is 50.2 Å². The second kappa shape index (κ2) is 8.55. The van der Waals surface area contributed by atoms with Crippen LogP contribution in [0.3, 0.4) is 0 Å². The summed E-state index contributed by atoms with van der Waals surface area (Å²) in [6, 6.07) is 11.2. The SMILES string of the molecule is CC=CC1CC=C(c2ccc(-c3ccc(OCC)cc3)c(F)c2Cl)CC1. The fourth-order valence-corrected chi connectivity index (χ4v) is 3.75. The van der Waals surface area contributed by atoms with Gasteiger partial charge in [-0.2, -0.15) is 0 Å². The lowest BCUT2D eigenvalue weighted by Crippen LogP contribution is -2.03. The molecule has 0 bridgehead atoms. The van der Waals surface area contributed by atoms with Crippen molar-refractivity contribution < 1.29 is 9.13 Å². The Morgan fingerprint density at radius 1 is 1.15 bits per heavy atom. The van der Waals surface area contributed by atoms with E-state index >= 15 is 0 Å². The van der Waals surface area contributed by atoms with Crippen molar-refractivity contribution in [1.82, 2.24) is 0 Å². The van der Waals surface area contributed by atoms with Crippen LogP contribution in [0.4, 0.5) is 4.39 Å². The maximum Gasteiger partial charge on any atom is 0.150 e. The van der Waals surface area contributed by atoms with Gasteiger partial charge in [0.05, 0.1) is 11.6 Å². The third kappa shape index (κ3) is 4.02. The summed E-state index contributed by atoms with van der Waals surface area (Å²) in [6.45, 7) is 4.59. The molecule has 1 aliphatic rings. The maximum atomic E-state index is 14.9. The third-order valence-corrected chi connectivity index (χ3v) is 5.19. The average Bonchev–Trinajstić information content (AvgIpc) is 2.66. The molecule has 0 saturated carbocycles. The number of halogens is 2. The van der Waals surface area contributed by atoms with Crippen molar-refractivity contribution in [1.29, 1.82) is 0 Å². The summed E-state index contributed by atoms with van der Waals surface area (Å²) < 4.78 is 20.4. The Kier molecular flexibility index (Phi) is 6.16. The maximum absolute atomic E-state index is 14.9. The molecule has 1 atom stereocenters. The van der Waals surface area contributed by atoms with E-state index in [4.69, 9.17) is 16.3 Å². The summed E-state index contributed by atoms with van der Waals surface area (Å²) in [5, 5.41) is 0.215. The molecule has 1 aliphatic carbocycles. The van der Waals surface area contributed by atoms with Gasteiger partial charge in [0.2, 0.25) is 0 Å². The fraction of sp³-hybridized carbons (Fsp3) is 0.304. The number of ether oxygens (including phenoxy) is 1. The van der Waals surface area contributed by atoms with Crippen LogP contribution in [0.2, 0.25) is 5.02 Å². The third-order valence-electron chi connectivity index (χ3n) is 4.82. The van der Waals surface area contributed by atoms with E-state index in [1.54, 1.807) is 0 Å². The Balaban J connectivity index is 1.87. The normalized spacial score (nSPS) is 17.4. The van der Waals surface area contributed by atoms with Gasteiger partial charge in [0.15, 0.2) is 0 Å². The van der Waals surface area contributed by atoms with Gasteiger partial charge in [0.25, 0.3) is 0 Å². The van der Waals surface area contributed by atoms with E-state index in [0.29, 0.717) is 18.1 Å². The molecule has 1 unspecified atom stereocenters. The van der Waals surface area contributed by atoms with Crippen molar-refractivity contribution in [2.75, 3.05) is 6.61 Å². The van der Waals surface area contributed by atoms with Gasteiger partial charge in [-0.25, -0.2) is 4.39 Å². The Hall–Kier alpha value is -2.06. The minimum absolute atomic E-state index is 0.215. The summed E-state index contributed by atoms with van der Waals surface area (Å²) in [6.07, 6.45) is 9.53. The molecule has 136 valence electrons. The summed E-state index contributed by atoms with van der Waals surface area (Å²) in [4.78, 5) is 0. The van der Waals surface area contributed by atoms with Crippen molar-refractivity contribution >= 4 is 17.2 Å². The first-order chi connectivity index (χ1) is 12.6. The Labute approximate surface area is 160 Å². The van der Waals surface area contributed by atoms with E-state index in [1.165, 1.54) is 0 Å². The quantitative estimate of drug-likeness (QED) is 0.501. The molecule has 3 heteroatoms. The predicted molar refractivity (Wildman–Crippen MR) is 108 cm³/mol. The minimum atomic E-state index is -0.357. The van der Waals surface area contributed by atoms with Gasteiger partial charge in [-0.3, -0.25) is 0 Å². The van der Waals surface area contributed by atoms with Gasteiger partial charge in [-0.05, 0) is 67.9 Å². The molecule has 0 aliphatic heterocycles. The second-order valence-corrected chi connectivity index (χ2v) is 6.91. The standard InChI is InChI=1S/C23H24ClFO/c1-3-5-16-6-8-17(9-7-16)20-14-15-21(23(25)22(20)24)18-10-12-19(13-11-18)26-4-2/h3,5,8,10-16H,4,6-7,9H2,1-2H3. The highest BCUT2D eigenvalue weighted by molar-refractivity contribution is 6.32. The van der Waals surface area contributed by atoms with E-state index < -0.39 is 0 Å². The summed E-state index contributed by atoms with van der Waals surface area (Å²) in [5.41, 5.74) is 3.28. The average molecular weight is 371 g/mol. The number of rotatable bonds is 5. The van der Waals surface area contributed by atoms with Crippen LogP contribution in [0, 0.1) is 11.7 Å². The van der Waals surface area contributed by atoms with Crippen LogP contribution in [0.25, 0.3) is 16.7 Å². The smallest absolute Gasteiger partial charge is 0.150 e. The van der Waals surface area contributed by atoms with Crippen LogP contribution in [0.1, 0.15) is 38.7 Å². The zero-order valence-corrected chi connectivity index (χ0v) is 16.0. The molecule has 1 nitrogen and oxygen atoms in total. The molecule has 0 saturated heterocycles. The van der Waals surface area contributed by atoms with Gasteiger partial charge < -0.3 is 4.74 Å². The number of hydrogen-bond donors (Lipinski definition) is 0. The fourth-order valence-electron chi connectivity index (χ4n) is 3.46. The van der Waals surface area contributed by atoms with Gasteiger partial charge >= 0.3 is 0 Å². The second-order valence-electron chi connectivity index (χ2n) is 6.54. The molecule has 0 heterocycles. The molecule has 26 heavy (non-hydrogen) atoms. The van der Waals surface area contributed by atoms with Crippen LogP contribution in [0.15, 0.2) is 54.6 Å². The Morgan fingerprint density at radius 3 is 2.50 bits per heavy atom. The van der Waals surface area contributed by atoms with Gasteiger partial charge in [-0.1, -0.05) is 54.1 Å². The molecule has 2 aromatic rings. The van der Waals surface area contributed by atoms with Crippen LogP contribution >= 0.6 is 11.6 Å². The minimum Gasteiger partial charge on any atom is -0.494 e. The molecule has 0 amide bonds. The zero-order valence-electron chi connectivity index (χ0n) is 15.3. The number of hydrogen-bond acceptors (Lipinski definition) is 1. The molecule has 0 fully saturated rings. The van der Waals surface area contributed by atoms with Gasteiger partial charge in [-0.15, -0.1) is 0 Å². The predicted octanol–water partition coefficient (Wildman–Crippen LogP) is 7.30. The lowest BCUT2D eigenvalue weighted by molar-refractivity contribution is 0.340. The zero-order chi connectivity index (χ0) is 18.5. The van der Waals surface area contributed by atoms with Crippen molar-refractivity contribution in [3.63, 3.8) is 0 Å². The number of benzene rings is 2. The lowest BCUT2D eigenvalue weighted by Gasteiger charge is -2.20. The first kappa shape index (κ1) is 18.7. The van der Waals surface area contributed by atoms with E-state index in [-0.39, 0.29) is 10.8 Å². The monoisotopic (exact) mass is 370 g/mol. The van der Waals surface area contributed by atoms with E-state index in [2.05, 4.69) is 18.2 Å². The molecule has 3 rings (SSSR count). The Morgan fingerprint density at radius 2 is 1.88 bits per heavy atom. The summed E-state index contributed by atoms with van der Waals surface area (Å²) >= 11 is 6.41. The Bertz CT molecular complexity index is 821. The largest absolute Gasteiger partial charge is 0.494 e. The van der Waals surface area contributed by atoms with Crippen molar-refractivity contribution in [3.8, 4) is 16.9 Å². The molecule has 0 radical (unpaired) electrons. The van der Waals surface area contributed by atoms with Crippen molar-refractivity contribution in [2.24, 2.45) is 5.92 Å². The highest BCUT2D eigenvalue weighted by Gasteiger charge is 2.19. The highest BCUT2D eigenvalue weighted by atomic mass is 35.5. The van der Waals surface area contributed by atoms with Gasteiger partial charge in [0.1, 0.15) is 11.6 Å². The van der Waals surface area contributed by atoms with E-state index in [9.17, 15) is 4.39 Å². The van der Waals surface area contributed by atoms with Crippen molar-refractivity contribution in [3.05, 3.63) is 71.0 Å². The summed E-state index contributed by atoms with van der Waals surface area (Å²) in [5.74, 6) is 1.00. The lowest BCUT2D eigenvalue weighted by atomic mass is 9.86. The molecule has 0 spiro atoms. The van der Waals surface area contributed by atoms with Crippen LogP contribution in [0.5, 0.6) is 5.75 Å². The topological polar surface area (TPSA) is 9.23 Å². The molecular weight excluding hydrogens is 347 g/mol. The van der Waals surface area contributed by atoms with Crippen LogP contribution in [-0.2, 0) is 0 Å². The first-order valence-corrected chi connectivity index (χ1v) is 9.55. The summed E-state index contributed by atoms with van der Waals surface area (Å²) in [7, 11) is 0. The van der Waals surface area contributed by atoms with Crippen LogP contribution in [-0.4, -0.2) is 6.61 Å². The molecular formula is C23H24ClFO. The highest BCUT2D eigenvalue weighted by Crippen LogP contribution is 2.38. The molecule has 2 aromatic carbocycles. The molecule has 0 aromatic heterocycles. The van der Waals surface area contributed by atoms with Crippen LogP contribution < -0.4 is 4.74 Å². The first-order valence-electron chi connectivity index (χ1n) is 9.17. The van der Waals surface area contributed by atoms with E-state index in [0.717, 1.165) is 41.7 Å².